The van der Waals surface area contributed by atoms with Crippen molar-refractivity contribution in [3.63, 3.8) is 0 Å². The first-order chi connectivity index (χ1) is 18.2. The van der Waals surface area contributed by atoms with Crippen molar-refractivity contribution in [3.05, 3.63) is 53.6 Å². The summed E-state index contributed by atoms with van der Waals surface area (Å²) in [6.07, 6.45) is 12.6. The van der Waals surface area contributed by atoms with Crippen LogP contribution in [0.15, 0.2) is 42.5 Å². The van der Waals surface area contributed by atoms with Gasteiger partial charge in [-0.2, -0.15) is 0 Å². The summed E-state index contributed by atoms with van der Waals surface area (Å²) in [6.45, 7) is 21.7. The van der Waals surface area contributed by atoms with Gasteiger partial charge in [0, 0.05) is 0 Å². The van der Waals surface area contributed by atoms with Crippen LogP contribution in [0.1, 0.15) is 110 Å². The molecule has 1 N–H and O–H groups in total. The molecule has 1 aromatic rings. The highest BCUT2D eigenvalue weighted by Crippen LogP contribution is 2.77. The van der Waals surface area contributed by atoms with Crippen molar-refractivity contribution in [2.75, 3.05) is 0 Å². The van der Waals surface area contributed by atoms with E-state index in [9.17, 15) is 9.90 Å². The smallest absolute Gasteiger partial charge is 0.309 e. The maximum atomic E-state index is 12.9. The van der Waals surface area contributed by atoms with E-state index in [1.165, 1.54) is 48.8 Å². The molecule has 0 amide bonds. The van der Waals surface area contributed by atoms with Crippen molar-refractivity contribution in [2.45, 2.75) is 106 Å². The Hall–Kier alpha value is -1.83. The first kappa shape index (κ1) is 27.3. The van der Waals surface area contributed by atoms with Crippen LogP contribution in [0, 0.1) is 63.6 Å². The zero-order chi connectivity index (χ0) is 28.2. The third-order valence-electron chi connectivity index (χ3n) is 14.4. The molecule has 6 rings (SSSR count). The Kier molecular flexibility index (Phi) is 6.02. The Morgan fingerprint density at radius 1 is 0.923 bits per heavy atom. The number of benzene rings is 1. The van der Waals surface area contributed by atoms with E-state index in [2.05, 4.69) is 85.4 Å². The van der Waals surface area contributed by atoms with Gasteiger partial charge in [0.05, 0.1) is 5.41 Å². The molecule has 9 atom stereocenters. The molecule has 0 unspecified atom stereocenters. The van der Waals surface area contributed by atoms with Crippen LogP contribution in [0.2, 0.25) is 0 Å². The second-order valence-corrected chi connectivity index (χ2v) is 16.1. The quantitative estimate of drug-likeness (QED) is 0.396. The second-order valence-electron chi connectivity index (χ2n) is 16.1. The van der Waals surface area contributed by atoms with E-state index in [1.54, 1.807) is 5.57 Å². The normalized spacial score (nSPS) is 46.2. The summed E-state index contributed by atoms with van der Waals surface area (Å²) in [4.78, 5) is 12.9. The molecule has 4 fully saturated rings. The number of allylic oxidation sites excluding steroid dienone is 3. The lowest BCUT2D eigenvalue weighted by Gasteiger charge is -2.72. The Bertz CT molecular complexity index is 1240. The number of hydrogen-bond donors (Lipinski definition) is 1. The first-order valence-corrected chi connectivity index (χ1v) is 15.9. The van der Waals surface area contributed by atoms with Crippen LogP contribution in [0.25, 0.3) is 5.57 Å². The largest absolute Gasteiger partial charge is 0.481 e. The summed E-state index contributed by atoms with van der Waals surface area (Å²) in [5, 5.41) is 10.6. The molecule has 5 aliphatic rings. The molecule has 0 aliphatic heterocycles. The molecule has 0 aromatic heterocycles. The fourth-order valence-corrected chi connectivity index (χ4v) is 12.4. The predicted molar refractivity (Wildman–Crippen MR) is 161 cm³/mol. The number of aryl methyl sites for hydroxylation is 1. The molecule has 0 saturated heterocycles. The summed E-state index contributed by atoms with van der Waals surface area (Å²) in [6, 6.07) is 9.13. The van der Waals surface area contributed by atoms with Gasteiger partial charge in [-0.15, -0.1) is 0 Å². The van der Waals surface area contributed by atoms with Gasteiger partial charge < -0.3 is 5.11 Å². The molecule has 0 heterocycles. The molecule has 0 bridgehead atoms. The predicted octanol–water partition coefficient (Wildman–Crippen LogP) is 9.73. The van der Waals surface area contributed by atoms with Gasteiger partial charge in [-0.05, 0) is 134 Å². The number of carboxylic acids is 1. The first-order valence-electron chi connectivity index (χ1n) is 15.9. The molecule has 2 heteroatoms. The molecule has 2 nitrogen and oxygen atoms in total. The average Bonchev–Trinajstić information content (AvgIpc) is 3.26. The van der Waals surface area contributed by atoms with Crippen LogP contribution < -0.4 is 0 Å². The van der Waals surface area contributed by atoms with Crippen molar-refractivity contribution < 1.29 is 9.90 Å². The van der Waals surface area contributed by atoms with Gasteiger partial charge in [0.25, 0.3) is 0 Å². The highest BCUT2D eigenvalue weighted by molar-refractivity contribution is 5.76. The monoisotopic (exact) mass is 528 g/mol. The van der Waals surface area contributed by atoms with E-state index in [-0.39, 0.29) is 27.6 Å². The van der Waals surface area contributed by atoms with Gasteiger partial charge in [0.15, 0.2) is 0 Å². The minimum Gasteiger partial charge on any atom is -0.481 e. The maximum Gasteiger partial charge on any atom is 0.309 e. The van der Waals surface area contributed by atoms with Gasteiger partial charge in [0.2, 0.25) is 0 Å². The van der Waals surface area contributed by atoms with E-state index < -0.39 is 11.4 Å². The van der Waals surface area contributed by atoms with Crippen LogP contribution in [0.4, 0.5) is 0 Å². The summed E-state index contributed by atoms with van der Waals surface area (Å²) < 4.78 is 0. The van der Waals surface area contributed by atoms with Crippen molar-refractivity contribution in [1.29, 1.82) is 0 Å². The van der Waals surface area contributed by atoms with E-state index in [0.29, 0.717) is 23.7 Å². The van der Waals surface area contributed by atoms with Gasteiger partial charge in [0.1, 0.15) is 0 Å². The van der Waals surface area contributed by atoms with E-state index >= 15 is 0 Å². The van der Waals surface area contributed by atoms with Crippen molar-refractivity contribution in [3.8, 4) is 0 Å². The summed E-state index contributed by atoms with van der Waals surface area (Å²) in [7, 11) is 0. The lowest BCUT2D eigenvalue weighted by atomic mass is 9.32. The van der Waals surface area contributed by atoms with Crippen molar-refractivity contribution in [1.82, 2.24) is 0 Å². The highest BCUT2D eigenvalue weighted by atomic mass is 16.4. The minimum atomic E-state index is -0.531. The van der Waals surface area contributed by atoms with Crippen molar-refractivity contribution >= 4 is 11.5 Å². The number of hydrogen-bond acceptors (Lipinski definition) is 1. The van der Waals surface area contributed by atoms with Crippen LogP contribution in [0.5, 0.6) is 0 Å². The Morgan fingerprint density at radius 2 is 1.67 bits per heavy atom. The average molecular weight is 529 g/mol. The molecule has 0 spiro atoms. The third kappa shape index (κ3) is 3.42. The summed E-state index contributed by atoms with van der Waals surface area (Å²) in [5.41, 5.74) is 5.86. The number of carbonyl (C=O) groups is 1. The van der Waals surface area contributed by atoms with E-state index in [1.807, 2.05) is 0 Å². The standard InChI is InChI=1S/C37H52O2/c1-23(2)26-14-19-37(32(38)39)21-20-35(7)28(31(26)37)12-13-30-34(6)17-15-27(25-11-9-10-24(3)22-25)33(4,5)29(34)16-18-36(30,35)8/h9-11,15,22,26,28-31H,1,12-14,16-21H2,2-8H3,(H,38,39)/t26-,28+,29-,30+,31+,34-,35+,36+,37-/m0/s1. The number of carboxylic acid groups (broad SMARTS) is 1. The summed E-state index contributed by atoms with van der Waals surface area (Å²) >= 11 is 0. The molecule has 0 radical (unpaired) electrons. The van der Waals surface area contributed by atoms with Gasteiger partial charge in [-0.25, -0.2) is 0 Å². The van der Waals surface area contributed by atoms with Crippen LogP contribution in [-0.2, 0) is 4.79 Å². The summed E-state index contributed by atoms with van der Waals surface area (Å²) in [5.74, 6) is 1.94. The van der Waals surface area contributed by atoms with Gasteiger partial charge >= 0.3 is 5.97 Å². The molecule has 39 heavy (non-hydrogen) atoms. The lowest BCUT2D eigenvalue weighted by molar-refractivity contribution is -0.227. The van der Waals surface area contributed by atoms with E-state index in [0.717, 1.165) is 25.7 Å². The molecule has 5 aliphatic carbocycles. The Labute approximate surface area is 237 Å². The zero-order valence-corrected chi connectivity index (χ0v) is 25.7. The highest BCUT2D eigenvalue weighted by Gasteiger charge is 2.71. The van der Waals surface area contributed by atoms with E-state index in [4.69, 9.17) is 0 Å². The molecule has 1 aromatic carbocycles. The fraction of sp³-hybridized carbons (Fsp3) is 0.703. The van der Waals surface area contributed by atoms with Gasteiger partial charge in [-0.1, -0.05) is 82.7 Å². The number of rotatable bonds is 3. The lowest BCUT2D eigenvalue weighted by Crippen LogP contribution is -2.65. The SMILES string of the molecule is C=C(C)[C@@H]1CC[C@]2(C(=O)O)CC[C@]3(C)[C@H](CC[C@@H]4[C@@]5(C)CC=C(c6cccc(C)c6)C(C)(C)[C@@H]5CC[C@]43C)[C@@H]12. The van der Waals surface area contributed by atoms with Crippen LogP contribution in [-0.4, -0.2) is 11.1 Å². The molecule has 212 valence electrons. The van der Waals surface area contributed by atoms with Crippen molar-refractivity contribution in [2.24, 2.45) is 56.7 Å². The number of fused-ring (bicyclic) bond motifs is 7. The zero-order valence-electron chi connectivity index (χ0n) is 25.7. The fourth-order valence-electron chi connectivity index (χ4n) is 12.4. The maximum absolute atomic E-state index is 12.9. The van der Waals surface area contributed by atoms with Gasteiger partial charge in [-0.3, -0.25) is 4.79 Å². The molecular formula is C37H52O2. The van der Waals surface area contributed by atoms with Crippen LogP contribution >= 0.6 is 0 Å². The molecular weight excluding hydrogens is 476 g/mol. The van der Waals surface area contributed by atoms with Crippen LogP contribution in [0.3, 0.4) is 0 Å². The minimum absolute atomic E-state index is 0.140. The third-order valence-corrected chi connectivity index (χ3v) is 14.4. The number of aliphatic carboxylic acids is 1. The molecule has 4 saturated carbocycles. The Morgan fingerprint density at radius 3 is 2.33 bits per heavy atom. The topological polar surface area (TPSA) is 37.3 Å². The Balaban J connectivity index is 1.40. The second kappa shape index (κ2) is 8.59.